The maximum absolute atomic E-state index is 11.6. The van der Waals surface area contributed by atoms with Crippen molar-refractivity contribution in [3.8, 4) is 0 Å². The zero-order chi connectivity index (χ0) is 10.7. The maximum Gasteiger partial charge on any atom is 0.246 e. The number of likely N-dealkylation sites (tertiary alicyclic amines) is 1. The van der Waals surface area contributed by atoms with E-state index in [-0.39, 0.29) is 30.3 Å². The van der Waals surface area contributed by atoms with Crippen molar-refractivity contribution in [1.82, 2.24) is 10.2 Å². The van der Waals surface area contributed by atoms with Gasteiger partial charge in [-0.3, -0.25) is 19.8 Å². The van der Waals surface area contributed by atoms with E-state index in [4.69, 9.17) is 0 Å². The fraction of sp³-hybridized carbons (Fsp3) is 0.600. The number of hydrogen-bond donors (Lipinski definition) is 1. The predicted molar refractivity (Wildman–Crippen MR) is 53.6 cm³/mol. The van der Waals surface area contributed by atoms with Crippen molar-refractivity contribution >= 4 is 11.8 Å². The highest BCUT2D eigenvalue weighted by atomic mass is 16.2. The van der Waals surface area contributed by atoms with Crippen molar-refractivity contribution in [2.45, 2.75) is 32.4 Å². The van der Waals surface area contributed by atoms with Crippen LogP contribution in [0.5, 0.6) is 0 Å². The monoisotopic (exact) mass is 196 g/mol. The molecule has 1 heterocycles. The number of nitrogens with zero attached hydrogens (tertiary/aromatic N) is 1. The van der Waals surface area contributed by atoms with E-state index in [1.807, 2.05) is 6.92 Å². The fourth-order valence-corrected chi connectivity index (χ4v) is 1.53. The molecule has 0 aliphatic carbocycles. The van der Waals surface area contributed by atoms with Crippen molar-refractivity contribution in [3.63, 3.8) is 0 Å². The van der Waals surface area contributed by atoms with Crippen LogP contribution >= 0.6 is 0 Å². The number of rotatable bonds is 4. The Labute approximate surface area is 84.0 Å². The van der Waals surface area contributed by atoms with Crippen molar-refractivity contribution < 1.29 is 9.59 Å². The summed E-state index contributed by atoms with van der Waals surface area (Å²) < 4.78 is 0. The van der Waals surface area contributed by atoms with Gasteiger partial charge in [0.2, 0.25) is 11.8 Å². The normalized spacial score (nSPS) is 24.1. The molecule has 1 rings (SSSR count). The molecule has 0 saturated carbocycles. The number of carbonyl (C=O) groups is 2. The highest BCUT2D eigenvalue weighted by molar-refractivity contribution is 6.05. The minimum atomic E-state index is -0.365. The number of amides is 2. The van der Waals surface area contributed by atoms with Crippen LogP contribution in [0.2, 0.25) is 0 Å². The van der Waals surface area contributed by atoms with Crippen LogP contribution in [0, 0.1) is 0 Å². The molecule has 2 amide bonds. The Bertz CT molecular complexity index is 263. The Morgan fingerprint density at radius 2 is 2.36 bits per heavy atom. The van der Waals surface area contributed by atoms with Crippen LogP contribution in [0.4, 0.5) is 0 Å². The van der Waals surface area contributed by atoms with Gasteiger partial charge in [0, 0.05) is 12.6 Å². The van der Waals surface area contributed by atoms with Gasteiger partial charge in [-0.05, 0) is 13.8 Å². The van der Waals surface area contributed by atoms with Crippen molar-refractivity contribution in [2.24, 2.45) is 0 Å². The first kappa shape index (κ1) is 10.9. The van der Waals surface area contributed by atoms with Gasteiger partial charge in [-0.25, -0.2) is 0 Å². The molecule has 0 aromatic heterocycles. The summed E-state index contributed by atoms with van der Waals surface area (Å²) in [6, 6.07) is -0.316. The summed E-state index contributed by atoms with van der Waals surface area (Å²) in [6.45, 7) is 7.77. The SMILES string of the molecule is C=CC(C)NC1CC(=O)N(CC)C1=O. The average Bonchev–Trinajstić information content (AvgIpc) is 2.42. The van der Waals surface area contributed by atoms with Crippen LogP contribution < -0.4 is 5.32 Å². The van der Waals surface area contributed by atoms with Gasteiger partial charge in [0.25, 0.3) is 0 Å². The van der Waals surface area contributed by atoms with E-state index in [1.54, 1.807) is 13.0 Å². The summed E-state index contributed by atoms with van der Waals surface area (Å²) in [6.07, 6.45) is 1.98. The zero-order valence-electron chi connectivity index (χ0n) is 8.62. The molecular formula is C10H16N2O2. The third kappa shape index (κ3) is 2.01. The van der Waals surface area contributed by atoms with Gasteiger partial charge in [0.05, 0.1) is 12.5 Å². The van der Waals surface area contributed by atoms with Gasteiger partial charge in [0.1, 0.15) is 0 Å². The molecular weight excluding hydrogens is 180 g/mol. The molecule has 1 saturated heterocycles. The van der Waals surface area contributed by atoms with Crippen LogP contribution in [0.1, 0.15) is 20.3 Å². The Hall–Kier alpha value is -1.16. The molecule has 1 N–H and O–H groups in total. The maximum atomic E-state index is 11.6. The summed E-state index contributed by atoms with van der Waals surface area (Å²) in [5.74, 6) is -0.211. The number of imide groups is 1. The second kappa shape index (κ2) is 4.37. The minimum absolute atomic E-state index is 0.0496. The van der Waals surface area contributed by atoms with E-state index in [0.717, 1.165) is 0 Å². The van der Waals surface area contributed by atoms with Gasteiger partial charge in [-0.15, -0.1) is 6.58 Å². The Kier molecular flexibility index (Phi) is 3.41. The lowest BCUT2D eigenvalue weighted by atomic mass is 10.2. The first-order chi connectivity index (χ1) is 6.60. The number of likely N-dealkylation sites (N-methyl/N-ethyl adjacent to an activating group) is 1. The lowest BCUT2D eigenvalue weighted by molar-refractivity contribution is -0.138. The van der Waals surface area contributed by atoms with Gasteiger partial charge in [-0.1, -0.05) is 6.08 Å². The van der Waals surface area contributed by atoms with Crippen molar-refractivity contribution in [2.75, 3.05) is 6.54 Å². The van der Waals surface area contributed by atoms with Crippen molar-refractivity contribution in [1.29, 1.82) is 0 Å². The largest absolute Gasteiger partial charge is 0.299 e. The number of nitrogens with one attached hydrogen (secondary N) is 1. The molecule has 1 fully saturated rings. The smallest absolute Gasteiger partial charge is 0.246 e. The summed E-state index contributed by atoms with van der Waals surface area (Å²) in [5, 5.41) is 3.04. The quantitative estimate of drug-likeness (QED) is 0.519. The summed E-state index contributed by atoms with van der Waals surface area (Å²) in [4.78, 5) is 24.2. The molecule has 1 aliphatic rings. The molecule has 14 heavy (non-hydrogen) atoms. The van der Waals surface area contributed by atoms with Gasteiger partial charge in [0.15, 0.2) is 0 Å². The van der Waals surface area contributed by atoms with Crippen LogP contribution in [0.15, 0.2) is 12.7 Å². The highest BCUT2D eigenvalue weighted by Crippen LogP contribution is 2.12. The molecule has 78 valence electrons. The predicted octanol–water partition coefficient (Wildman–Crippen LogP) is 0.298. The van der Waals surface area contributed by atoms with E-state index in [9.17, 15) is 9.59 Å². The van der Waals surface area contributed by atoms with E-state index in [0.29, 0.717) is 6.54 Å². The Morgan fingerprint density at radius 3 is 2.79 bits per heavy atom. The molecule has 0 bridgehead atoms. The third-order valence-corrected chi connectivity index (χ3v) is 2.38. The standard InChI is InChI=1S/C10H16N2O2/c1-4-7(3)11-8-6-9(13)12(5-2)10(8)14/h4,7-8,11H,1,5-6H2,2-3H3. The lowest BCUT2D eigenvalue weighted by Crippen LogP contribution is -2.41. The summed E-state index contributed by atoms with van der Waals surface area (Å²) >= 11 is 0. The minimum Gasteiger partial charge on any atom is -0.299 e. The molecule has 0 radical (unpaired) electrons. The zero-order valence-corrected chi connectivity index (χ0v) is 8.62. The Morgan fingerprint density at radius 1 is 1.71 bits per heavy atom. The third-order valence-electron chi connectivity index (χ3n) is 2.38. The van der Waals surface area contributed by atoms with Gasteiger partial charge >= 0.3 is 0 Å². The Balaban J connectivity index is 2.62. The molecule has 0 aromatic carbocycles. The highest BCUT2D eigenvalue weighted by Gasteiger charge is 2.37. The van der Waals surface area contributed by atoms with E-state index in [1.165, 1.54) is 4.90 Å². The van der Waals surface area contributed by atoms with Crippen LogP contribution in [-0.2, 0) is 9.59 Å². The van der Waals surface area contributed by atoms with Crippen molar-refractivity contribution in [3.05, 3.63) is 12.7 Å². The topological polar surface area (TPSA) is 49.4 Å². The molecule has 2 unspecified atom stereocenters. The van der Waals surface area contributed by atoms with E-state index >= 15 is 0 Å². The second-order valence-corrected chi connectivity index (χ2v) is 3.42. The van der Waals surface area contributed by atoms with Gasteiger partial charge < -0.3 is 0 Å². The molecule has 0 spiro atoms. The number of carbonyl (C=O) groups excluding carboxylic acids is 2. The first-order valence-corrected chi connectivity index (χ1v) is 4.83. The van der Waals surface area contributed by atoms with E-state index < -0.39 is 0 Å². The van der Waals surface area contributed by atoms with Crippen LogP contribution in [0.3, 0.4) is 0 Å². The summed E-state index contributed by atoms with van der Waals surface area (Å²) in [7, 11) is 0. The van der Waals surface area contributed by atoms with Crippen LogP contribution in [-0.4, -0.2) is 35.3 Å². The molecule has 2 atom stereocenters. The van der Waals surface area contributed by atoms with Crippen LogP contribution in [0.25, 0.3) is 0 Å². The molecule has 4 nitrogen and oxygen atoms in total. The second-order valence-electron chi connectivity index (χ2n) is 3.42. The number of hydrogen-bond acceptors (Lipinski definition) is 3. The van der Waals surface area contributed by atoms with E-state index in [2.05, 4.69) is 11.9 Å². The average molecular weight is 196 g/mol. The molecule has 1 aliphatic heterocycles. The molecule has 4 heteroatoms. The summed E-state index contributed by atoms with van der Waals surface area (Å²) in [5.41, 5.74) is 0. The molecule has 0 aromatic rings. The fourth-order valence-electron chi connectivity index (χ4n) is 1.53. The lowest BCUT2D eigenvalue weighted by Gasteiger charge is -2.15. The van der Waals surface area contributed by atoms with Gasteiger partial charge in [-0.2, -0.15) is 0 Å². The first-order valence-electron chi connectivity index (χ1n) is 4.83.